The number of benzene rings is 1. The van der Waals surface area contributed by atoms with Crippen LogP contribution in [0.5, 0.6) is 11.5 Å². The average molecular weight is 267 g/mol. The van der Waals surface area contributed by atoms with Crippen LogP contribution in [-0.2, 0) is 11.4 Å². The quantitative estimate of drug-likeness (QED) is 0.785. The number of hydrogen-bond donors (Lipinski definition) is 2. The Morgan fingerprint density at radius 3 is 2.74 bits per heavy atom. The van der Waals surface area contributed by atoms with Crippen LogP contribution in [0.2, 0.25) is 0 Å². The molecule has 1 rings (SSSR count). The third kappa shape index (κ3) is 4.13. The van der Waals surface area contributed by atoms with E-state index in [-0.39, 0.29) is 12.5 Å². The lowest BCUT2D eigenvalue weighted by Crippen LogP contribution is -2.36. The van der Waals surface area contributed by atoms with Crippen molar-refractivity contribution in [3.63, 3.8) is 0 Å². The summed E-state index contributed by atoms with van der Waals surface area (Å²) in [6.07, 6.45) is -0.646. The molecular formula is C14H21NO4. The van der Waals surface area contributed by atoms with Gasteiger partial charge in [0.1, 0.15) is 0 Å². The topological polar surface area (TPSA) is 67.8 Å². The highest BCUT2D eigenvalue weighted by Gasteiger charge is 2.18. The van der Waals surface area contributed by atoms with Crippen LogP contribution < -0.4 is 14.8 Å². The summed E-state index contributed by atoms with van der Waals surface area (Å²) in [5.41, 5.74) is 0.599. The van der Waals surface area contributed by atoms with Crippen molar-refractivity contribution in [1.82, 2.24) is 5.32 Å². The molecule has 0 aliphatic carbocycles. The van der Waals surface area contributed by atoms with Gasteiger partial charge in [-0.3, -0.25) is 4.79 Å². The largest absolute Gasteiger partial charge is 0.490 e. The Morgan fingerprint density at radius 1 is 1.42 bits per heavy atom. The lowest BCUT2D eigenvalue weighted by Gasteiger charge is -2.19. The Kier molecular flexibility index (Phi) is 6.15. The van der Waals surface area contributed by atoms with Crippen LogP contribution in [0, 0.1) is 0 Å². The van der Waals surface area contributed by atoms with E-state index in [2.05, 4.69) is 5.32 Å². The first-order valence-corrected chi connectivity index (χ1v) is 6.43. The molecule has 1 atom stereocenters. The van der Waals surface area contributed by atoms with E-state index in [1.807, 2.05) is 13.8 Å². The Labute approximate surface area is 113 Å². The number of aliphatic hydroxyl groups excluding tert-OH is 1. The zero-order valence-corrected chi connectivity index (χ0v) is 11.6. The van der Waals surface area contributed by atoms with Crippen molar-refractivity contribution < 1.29 is 19.4 Å². The van der Waals surface area contributed by atoms with E-state index in [0.717, 1.165) is 0 Å². The highest BCUT2D eigenvalue weighted by molar-refractivity contribution is 5.80. The summed E-state index contributed by atoms with van der Waals surface area (Å²) in [5.74, 6) is 0.758. The van der Waals surface area contributed by atoms with Gasteiger partial charge in [0.2, 0.25) is 0 Å². The van der Waals surface area contributed by atoms with Gasteiger partial charge in [-0.15, -0.1) is 0 Å². The molecule has 2 N–H and O–H groups in total. The van der Waals surface area contributed by atoms with Gasteiger partial charge in [-0.1, -0.05) is 12.1 Å². The van der Waals surface area contributed by atoms with E-state index in [1.54, 1.807) is 25.1 Å². The zero-order chi connectivity index (χ0) is 14.3. The van der Waals surface area contributed by atoms with E-state index in [0.29, 0.717) is 30.2 Å². The van der Waals surface area contributed by atoms with Crippen molar-refractivity contribution in [2.75, 3.05) is 13.2 Å². The highest BCUT2D eigenvalue weighted by Crippen LogP contribution is 2.32. The van der Waals surface area contributed by atoms with Crippen LogP contribution in [0.4, 0.5) is 0 Å². The average Bonchev–Trinajstić information content (AvgIpc) is 2.41. The van der Waals surface area contributed by atoms with Crippen molar-refractivity contribution in [2.45, 2.75) is 33.5 Å². The zero-order valence-electron chi connectivity index (χ0n) is 11.6. The molecule has 0 aliphatic heterocycles. The monoisotopic (exact) mass is 267 g/mol. The predicted molar refractivity (Wildman–Crippen MR) is 72.3 cm³/mol. The van der Waals surface area contributed by atoms with Gasteiger partial charge in [-0.25, -0.2) is 0 Å². The molecule has 0 saturated heterocycles. The van der Waals surface area contributed by atoms with Crippen molar-refractivity contribution in [3.8, 4) is 11.5 Å². The maximum absolute atomic E-state index is 11.7. The number of para-hydroxylation sites is 1. The second kappa shape index (κ2) is 7.63. The molecular weight excluding hydrogens is 246 g/mol. The van der Waals surface area contributed by atoms with Crippen molar-refractivity contribution in [2.24, 2.45) is 0 Å². The molecule has 0 spiro atoms. The van der Waals surface area contributed by atoms with Crippen LogP contribution in [0.25, 0.3) is 0 Å². The Balaban J connectivity index is 2.93. The number of amides is 1. The smallest absolute Gasteiger partial charge is 0.260 e. The molecule has 19 heavy (non-hydrogen) atoms. The summed E-state index contributed by atoms with van der Waals surface area (Å²) in [6, 6.07) is 5.27. The lowest BCUT2D eigenvalue weighted by atomic mass is 10.2. The number of carbonyl (C=O) groups excluding carboxylic acids is 1. The standard InChI is InChI=1S/C14H21NO4/c1-4-15-14(17)10(3)19-13-11(9-16)7-6-8-12(13)18-5-2/h6-8,10,16H,4-5,9H2,1-3H3,(H,15,17). The van der Waals surface area contributed by atoms with Crippen molar-refractivity contribution >= 4 is 5.91 Å². The van der Waals surface area contributed by atoms with Crippen LogP contribution in [-0.4, -0.2) is 30.3 Å². The second-order valence-electron chi connectivity index (χ2n) is 3.99. The number of nitrogens with one attached hydrogen (secondary N) is 1. The molecule has 0 heterocycles. The summed E-state index contributed by atoms with van der Waals surface area (Å²) in [7, 11) is 0. The highest BCUT2D eigenvalue weighted by atomic mass is 16.5. The maximum Gasteiger partial charge on any atom is 0.260 e. The number of hydrogen-bond acceptors (Lipinski definition) is 4. The predicted octanol–water partition coefficient (Wildman–Crippen LogP) is 1.48. The van der Waals surface area contributed by atoms with Crippen LogP contribution in [0.3, 0.4) is 0 Å². The van der Waals surface area contributed by atoms with Gasteiger partial charge in [0.25, 0.3) is 5.91 Å². The third-order valence-electron chi connectivity index (χ3n) is 2.55. The van der Waals surface area contributed by atoms with Crippen LogP contribution >= 0.6 is 0 Å². The van der Waals surface area contributed by atoms with Gasteiger partial charge >= 0.3 is 0 Å². The normalized spacial score (nSPS) is 11.8. The molecule has 0 fully saturated rings. The molecule has 0 aromatic heterocycles. The fourth-order valence-corrected chi connectivity index (χ4v) is 1.64. The number of carbonyl (C=O) groups is 1. The second-order valence-corrected chi connectivity index (χ2v) is 3.99. The maximum atomic E-state index is 11.7. The number of likely N-dealkylation sites (N-methyl/N-ethyl adjacent to an activating group) is 1. The first-order valence-electron chi connectivity index (χ1n) is 6.43. The minimum absolute atomic E-state index is 0.168. The summed E-state index contributed by atoms with van der Waals surface area (Å²) >= 11 is 0. The Hall–Kier alpha value is -1.75. The first kappa shape index (κ1) is 15.3. The Morgan fingerprint density at radius 2 is 2.16 bits per heavy atom. The molecule has 0 saturated carbocycles. The summed E-state index contributed by atoms with van der Waals surface area (Å²) < 4.78 is 11.1. The van der Waals surface area contributed by atoms with Crippen LogP contribution in [0.15, 0.2) is 18.2 Å². The SMILES string of the molecule is CCNC(=O)C(C)Oc1c(CO)cccc1OCC. The van der Waals surface area contributed by atoms with Gasteiger partial charge in [-0.2, -0.15) is 0 Å². The van der Waals surface area contributed by atoms with Crippen molar-refractivity contribution in [3.05, 3.63) is 23.8 Å². The van der Waals surface area contributed by atoms with Gasteiger partial charge in [0.15, 0.2) is 17.6 Å². The third-order valence-corrected chi connectivity index (χ3v) is 2.55. The van der Waals surface area contributed by atoms with E-state index < -0.39 is 6.10 Å². The fraction of sp³-hybridized carbons (Fsp3) is 0.500. The minimum atomic E-state index is -0.646. The van der Waals surface area contributed by atoms with E-state index in [4.69, 9.17) is 9.47 Å². The van der Waals surface area contributed by atoms with Gasteiger partial charge < -0.3 is 19.9 Å². The summed E-state index contributed by atoms with van der Waals surface area (Å²) in [6.45, 7) is 6.24. The molecule has 5 nitrogen and oxygen atoms in total. The minimum Gasteiger partial charge on any atom is -0.490 e. The first-order chi connectivity index (χ1) is 9.13. The van der Waals surface area contributed by atoms with Crippen LogP contribution in [0.1, 0.15) is 26.3 Å². The van der Waals surface area contributed by atoms with E-state index in [9.17, 15) is 9.90 Å². The Bertz CT molecular complexity index is 420. The molecule has 5 heteroatoms. The van der Waals surface area contributed by atoms with E-state index >= 15 is 0 Å². The van der Waals surface area contributed by atoms with Gasteiger partial charge in [-0.05, 0) is 26.8 Å². The van der Waals surface area contributed by atoms with Crippen molar-refractivity contribution in [1.29, 1.82) is 0 Å². The fourth-order valence-electron chi connectivity index (χ4n) is 1.64. The lowest BCUT2D eigenvalue weighted by molar-refractivity contribution is -0.127. The number of rotatable bonds is 7. The summed E-state index contributed by atoms with van der Waals surface area (Å²) in [5, 5.41) is 12.0. The number of aliphatic hydroxyl groups is 1. The molecule has 0 radical (unpaired) electrons. The van der Waals surface area contributed by atoms with Gasteiger partial charge in [0, 0.05) is 12.1 Å². The molecule has 1 unspecified atom stereocenters. The molecule has 1 aromatic carbocycles. The molecule has 0 bridgehead atoms. The number of ether oxygens (including phenoxy) is 2. The molecule has 1 aromatic rings. The van der Waals surface area contributed by atoms with E-state index in [1.165, 1.54) is 0 Å². The molecule has 106 valence electrons. The molecule has 0 aliphatic rings. The molecule has 1 amide bonds. The van der Waals surface area contributed by atoms with Gasteiger partial charge in [0.05, 0.1) is 13.2 Å². The summed E-state index contributed by atoms with van der Waals surface area (Å²) in [4.78, 5) is 11.7.